The number of aliphatic carboxylic acids is 1. The molecule has 0 aliphatic rings. The van der Waals surface area contributed by atoms with Crippen LogP contribution in [0.5, 0.6) is 0 Å². The predicted octanol–water partition coefficient (Wildman–Crippen LogP) is 0.986. The Morgan fingerprint density at radius 1 is 1.53 bits per heavy atom. The number of ether oxygens (including phenoxy) is 1. The summed E-state index contributed by atoms with van der Waals surface area (Å²) in [5.74, 6) is -1.80. The Hall–Kier alpha value is -1.89. The van der Waals surface area contributed by atoms with Crippen LogP contribution in [0.25, 0.3) is 0 Å². The number of hydrogen-bond acceptors (Lipinski definition) is 4. The van der Waals surface area contributed by atoms with E-state index in [0.717, 1.165) is 4.90 Å². The Bertz CT molecular complexity index is 445. The van der Waals surface area contributed by atoms with Crippen molar-refractivity contribution >= 4 is 11.9 Å². The van der Waals surface area contributed by atoms with E-state index in [0.29, 0.717) is 11.5 Å². The van der Waals surface area contributed by atoms with Gasteiger partial charge >= 0.3 is 5.97 Å². The van der Waals surface area contributed by atoms with E-state index in [2.05, 4.69) is 0 Å². The van der Waals surface area contributed by atoms with E-state index in [-0.39, 0.29) is 19.7 Å². The highest BCUT2D eigenvalue weighted by Crippen LogP contribution is 2.11. The van der Waals surface area contributed by atoms with Crippen molar-refractivity contribution in [1.29, 1.82) is 0 Å². The van der Waals surface area contributed by atoms with Crippen molar-refractivity contribution in [3.63, 3.8) is 0 Å². The summed E-state index contributed by atoms with van der Waals surface area (Å²) < 4.78 is 23.3. The number of hydrogen-bond donors (Lipinski definition) is 1. The Labute approximate surface area is 109 Å². The number of carboxylic acid groups (broad SMARTS) is 1. The van der Waals surface area contributed by atoms with Gasteiger partial charge in [0.1, 0.15) is 11.5 Å². The predicted molar refractivity (Wildman–Crippen MR) is 63.3 cm³/mol. The second-order valence-corrected chi connectivity index (χ2v) is 3.97. The van der Waals surface area contributed by atoms with Gasteiger partial charge in [-0.3, -0.25) is 4.79 Å². The first-order valence-electron chi connectivity index (χ1n) is 5.65. The molecule has 6 nitrogen and oxygen atoms in total. The fourth-order valence-corrected chi connectivity index (χ4v) is 1.49. The summed E-state index contributed by atoms with van der Waals surface area (Å²) in [5.41, 5.74) is 0. The highest BCUT2D eigenvalue weighted by molar-refractivity contribution is 5.99. The van der Waals surface area contributed by atoms with E-state index in [4.69, 9.17) is 14.3 Å². The van der Waals surface area contributed by atoms with E-state index in [1.807, 2.05) is 0 Å². The molecule has 0 saturated carbocycles. The molecule has 1 aromatic rings. The Balaban J connectivity index is 2.76. The first-order valence-corrected chi connectivity index (χ1v) is 5.65. The molecule has 0 radical (unpaired) electrons. The van der Waals surface area contributed by atoms with E-state index in [1.54, 1.807) is 19.1 Å². The van der Waals surface area contributed by atoms with Crippen LogP contribution in [-0.4, -0.2) is 48.3 Å². The fraction of sp³-hybridized carbons (Fsp3) is 0.500. The number of aryl methyl sites for hydroxylation is 1. The van der Waals surface area contributed by atoms with Crippen LogP contribution in [-0.2, 0) is 20.9 Å². The average molecular weight is 273 g/mol. The number of carboxylic acids is 1. The zero-order chi connectivity index (χ0) is 14.4. The highest BCUT2D eigenvalue weighted by Gasteiger charge is 2.30. The van der Waals surface area contributed by atoms with Crippen LogP contribution in [0.1, 0.15) is 11.5 Å². The summed E-state index contributed by atoms with van der Waals surface area (Å²) in [6.45, 7) is 2.00. The average Bonchev–Trinajstić information content (AvgIpc) is 2.78. The quantitative estimate of drug-likeness (QED) is 0.749. The number of alkyl halides is 1. The van der Waals surface area contributed by atoms with Crippen molar-refractivity contribution in [2.24, 2.45) is 0 Å². The number of carbonyl (C=O) groups excluding carboxylic acids is 1. The maximum absolute atomic E-state index is 13.2. The Kier molecular flexibility index (Phi) is 5.50. The summed E-state index contributed by atoms with van der Waals surface area (Å²) in [6.07, 6.45) is -2.58. The van der Waals surface area contributed by atoms with Gasteiger partial charge in [-0.25, -0.2) is 9.18 Å². The van der Waals surface area contributed by atoms with Crippen molar-refractivity contribution < 1.29 is 28.2 Å². The smallest absolute Gasteiger partial charge is 0.348 e. The molecule has 0 saturated heterocycles. The summed E-state index contributed by atoms with van der Waals surface area (Å²) in [4.78, 5) is 23.2. The van der Waals surface area contributed by atoms with Gasteiger partial charge in [-0.2, -0.15) is 0 Å². The molecule has 0 fully saturated rings. The van der Waals surface area contributed by atoms with Crippen LogP contribution in [0, 0.1) is 6.92 Å². The monoisotopic (exact) mass is 273 g/mol. The van der Waals surface area contributed by atoms with Crippen LogP contribution >= 0.6 is 0 Å². The van der Waals surface area contributed by atoms with Crippen molar-refractivity contribution in [1.82, 2.24) is 4.90 Å². The van der Waals surface area contributed by atoms with Gasteiger partial charge in [0, 0.05) is 13.7 Å². The molecule has 1 heterocycles. The molecule has 7 heteroatoms. The molecule has 1 aromatic heterocycles. The van der Waals surface area contributed by atoms with Gasteiger partial charge in [0.05, 0.1) is 13.2 Å². The summed E-state index contributed by atoms with van der Waals surface area (Å²) in [5, 5.41) is 8.52. The minimum absolute atomic E-state index is 0.00370. The van der Waals surface area contributed by atoms with Gasteiger partial charge in [-0.15, -0.1) is 0 Å². The number of carbonyl (C=O) groups is 2. The Morgan fingerprint density at radius 3 is 2.68 bits per heavy atom. The molecule has 1 N–H and O–H groups in total. The lowest BCUT2D eigenvalue weighted by Gasteiger charge is -2.21. The van der Waals surface area contributed by atoms with Crippen molar-refractivity contribution in [2.75, 3.05) is 20.3 Å². The molecule has 106 valence electrons. The van der Waals surface area contributed by atoms with Crippen molar-refractivity contribution in [2.45, 2.75) is 19.6 Å². The molecule has 0 aromatic carbocycles. The standard InChI is InChI=1S/C12H16FNO5/c1-8-3-4-9(19-8)7-14(5-6-18-2)11(15)10(13)12(16)17/h3-4,10H,5-7H2,1-2H3,(H,16,17). The number of rotatable bonds is 7. The van der Waals surface area contributed by atoms with E-state index in [1.165, 1.54) is 7.11 Å². The molecule has 0 bridgehead atoms. The highest BCUT2D eigenvalue weighted by atomic mass is 19.1. The third-order valence-electron chi connectivity index (χ3n) is 2.45. The number of nitrogens with zero attached hydrogens (tertiary/aromatic N) is 1. The number of amides is 1. The molecular weight excluding hydrogens is 257 g/mol. The van der Waals surface area contributed by atoms with Crippen molar-refractivity contribution in [3.8, 4) is 0 Å². The Morgan fingerprint density at radius 2 is 2.21 bits per heavy atom. The van der Waals surface area contributed by atoms with Crippen molar-refractivity contribution in [3.05, 3.63) is 23.7 Å². The van der Waals surface area contributed by atoms with Gasteiger partial charge in [0.15, 0.2) is 0 Å². The van der Waals surface area contributed by atoms with Gasteiger partial charge in [-0.1, -0.05) is 0 Å². The normalized spacial score (nSPS) is 12.2. The molecule has 1 atom stereocenters. The van der Waals surface area contributed by atoms with Gasteiger partial charge in [0.2, 0.25) is 0 Å². The van der Waals surface area contributed by atoms with Gasteiger partial charge in [0.25, 0.3) is 12.1 Å². The summed E-state index contributed by atoms with van der Waals surface area (Å²) in [6, 6.07) is 3.36. The zero-order valence-electron chi connectivity index (χ0n) is 10.8. The minimum Gasteiger partial charge on any atom is -0.479 e. The summed E-state index contributed by atoms with van der Waals surface area (Å²) >= 11 is 0. The SMILES string of the molecule is COCCN(Cc1ccc(C)o1)C(=O)C(F)C(=O)O. The van der Waals surface area contributed by atoms with Crippen LogP contribution in [0.3, 0.4) is 0 Å². The fourth-order valence-electron chi connectivity index (χ4n) is 1.49. The molecule has 0 aliphatic carbocycles. The molecule has 0 spiro atoms. The second-order valence-electron chi connectivity index (χ2n) is 3.97. The minimum atomic E-state index is -2.58. The van der Waals surface area contributed by atoms with Crippen LogP contribution in [0.2, 0.25) is 0 Å². The first-order chi connectivity index (χ1) is 8.95. The van der Waals surface area contributed by atoms with Gasteiger partial charge < -0.3 is 19.2 Å². The number of methoxy groups -OCH3 is 1. The third kappa shape index (κ3) is 4.36. The van der Waals surface area contributed by atoms with E-state index >= 15 is 0 Å². The maximum atomic E-state index is 13.2. The second kappa shape index (κ2) is 6.89. The lowest BCUT2D eigenvalue weighted by Crippen LogP contribution is -2.42. The number of halogens is 1. The lowest BCUT2D eigenvalue weighted by atomic mass is 10.3. The molecule has 1 unspecified atom stereocenters. The van der Waals surface area contributed by atoms with Crippen LogP contribution < -0.4 is 0 Å². The largest absolute Gasteiger partial charge is 0.479 e. The topological polar surface area (TPSA) is 80.0 Å². The molecule has 1 amide bonds. The molecular formula is C12H16FNO5. The first kappa shape index (κ1) is 15.2. The number of furan rings is 1. The van der Waals surface area contributed by atoms with Crippen LogP contribution in [0.15, 0.2) is 16.5 Å². The van der Waals surface area contributed by atoms with Crippen LogP contribution in [0.4, 0.5) is 4.39 Å². The lowest BCUT2D eigenvalue weighted by molar-refractivity contribution is -0.153. The van der Waals surface area contributed by atoms with E-state index in [9.17, 15) is 14.0 Å². The molecule has 1 rings (SSSR count). The zero-order valence-corrected chi connectivity index (χ0v) is 10.8. The van der Waals surface area contributed by atoms with Gasteiger partial charge in [-0.05, 0) is 19.1 Å². The molecule has 19 heavy (non-hydrogen) atoms. The third-order valence-corrected chi connectivity index (χ3v) is 2.45. The molecule has 0 aliphatic heterocycles. The summed E-state index contributed by atoms with van der Waals surface area (Å²) in [7, 11) is 1.43. The maximum Gasteiger partial charge on any atom is 0.348 e. The van der Waals surface area contributed by atoms with E-state index < -0.39 is 18.0 Å².